The number of rotatable bonds is 8. The molecule has 1 aromatic carbocycles. The topological polar surface area (TPSA) is 46.9 Å². The average molecular weight is 339 g/mol. The third kappa shape index (κ3) is 5.18. The van der Waals surface area contributed by atoms with Crippen LogP contribution in [-0.4, -0.2) is 22.0 Å². The van der Waals surface area contributed by atoms with Crippen LogP contribution in [0.25, 0.3) is 0 Å². The fraction of sp³-hybridized carbons (Fsp3) is 0.524. The molecule has 0 spiro atoms. The van der Waals surface area contributed by atoms with E-state index in [1.165, 1.54) is 31.2 Å². The van der Waals surface area contributed by atoms with Gasteiger partial charge in [0.1, 0.15) is 5.82 Å². The summed E-state index contributed by atoms with van der Waals surface area (Å²) in [6.45, 7) is 3.58. The van der Waals surface area contributed by atoms with E-state index in [0.29, 0.717) is 13.0 Å². The molecule has 4 nitrogen and oxygen atoms in total. The smallest absolute Gasteiger partial charge is 0.220 e. The van der Waals surface area contributed by atoms with E-state index in [0.717, 1.165) is 36.8 Å². The minimum atomic E-state index is 0.185. The number of benzene rings is 1. The molecule has 1 saturated carbocycles. The number of amides is 1. The fourth-order valence-corrected chi connectivity index (χ4v) is 3.73. The number of hydrogen-bond donors (Lipinski definition) is 1. The van der Waals surface area contributed by atoms with E-state index >= 15 is 0 Å². The van der Waals surface area contributed by atoms with Gasteiger partial charge in [-0.3, -0.25) is 4.79 Å². The molecular formula is C21H29N3O. The molecule has 1 aromatic heterocycles. The minimum Gasteiger partial charge on any atom is -0.356 e. The lowest BCUT2D eigenvalue weighted by atomic mass is 10.0. The number of carbonyl (C=O) groups excluding carboxylic acids is 1. The molecule has 1 aliphatic carbocycles. The number of nitrogens with zero attached hydrogens (tertiary/aromatic N) is 2. The van der Waals surface area contributed by atoms with E-state index in [-0.39, 0.29) is 5.91 Å². The van der Waals surface area contributed by atoms with Crippen LogP contribution >= 0.6 is 0 Å². The van der Waals surface area contributed by atoms with Gasteiger partial charge in [-0.2, -0.15) is 0 Å². The maximum Gasteiger partial charge on any atom is 0.220 e. The Morgan fingerprint density at radius 3 is 2.76 bits per heavy atom. The molecule has 1 N–H and O–H groups in total. The van der Waals surface area contributed by atoms with Gasteiger partial charge in [-0.15, -0.1) is 0 Å². The van der Waals surface area contributed by atoms with E-state index in [2.05, 4.69) is 46.1 Å². The molecule has 25 heavy (non-hydrogen) atoms. The molecule has 0 bridgehead atoms. The van der Waals surface area contributed by atoms with E-state index in [9.17, 15) is 4.79 Å². The van der Waals surface area contributed by atoms with Crippen LogP contribution in [0.2, 0.25) is 0 Å². The molecule has 1 aliphatic rings. The Bertz CT molecular complexity index is 672. The van der Waals surface area contributed by atoms with Gasteiger partial charge in [0.25, 0.3) is 0 Å². The lowest BCUT2D eigenvalue weighted by Crippen LogP contribution is -2.26. The maximum atomic E-state index is 12.0. The van der Waals surface area contributed by atoms with Gasteiger partial charge in [0.15, 0.2) is 0 Å². The summed E-state index contributed by atoms with van der Waals surface area (Å²) in [6, 6.07) is 10.4. The zero-order chi connectivity index (χ0) is 17.5. The van der Waals surface area contributed by atoms with Crippen LogP contribution in [0.1, 0.15) is 55.6 Å². The first-order valence-corrected chi connectivity index (χ1v) is 9.54. The lowest BCUT2D eigenvalue weighted by Gasteiger charge is -2.12. The van der Waals surface area contributed by atoms with Crippen LogP contribution < -0.4 is 5.32 Å². The highest BCUT2D eigenvalue weighted by Gasteiger charge is 2.16. The molecule has 0 saturated heterocycles. The highest BCUT2D eigenvalue weighted by molar-refractivity contribution is 5.75. The van der Waals surface area contributed by atoms with Crippen molar-refractivity contribution in [2.45, 2.75) is 58.4 Å². The monoisotopic (exact) mass is 339 g/mol. The molecule has 0 atom stereocenters. The second-order valence-corrected chi connectivity index (χ2v) is 7.18. The third-order valence-corrected chi connectivity index (χ3v) is 5.25. The predicted molar refractivity (Wildman–Crippen MR) is 100 cm³/mol. The van der Waals surface area contributed by atoms with E-state index in [4.69, 9.17) is 0 Å². The Hall–Kier alpha value is -2.10. The van der Waals surface area contributed by atoms with E-state index < -0.39 is 0 Å². The summed E-state index contributed by atoms with van der Waals surface area (Å²) >= 11 is 0. The summed E-state index contributed by atoms with van der Waals surface area (Å²) in [5.41, 5.74) is 2.43. The number of nitrogens with one attached hydrogen (secondary N) is 1. The van der Waals surface area contributed by atoms with Gasteiger partial charge in [0.05, 0.1) is 0 Å². The largest absolute Gasteiger partial charge is 0.356 e. The minimum absolute atomic E-state index is 0.185. The van der Waals surface area contributed by atoms with Crippen LogP contribution in [0.15, 0.2) is 36.5 Å². The molecule has 1 heterocycles. The third-order valence-electron chi connectivity index (χ3n) is 5.25. The second-order valence-electron chi connectivity index (χ2n) is 7.18. The van der Waals surface area contributed by atoms with Crippen LogP contribution in [0, 0.1) is 12.8 Å². The number of hydrogen-bond acceptors (Lipinski definition) is 2. The first-order chi connectivity index (χ1) is 12.2. The van der Waals surface area contributed by atoms with Gasteiger partial charge >= 0.3 is 0 Å². The maximum absolute atomic E-state index is 12.0. The molecule has 134 valence electrons. The summed E-state index contributed by atoms with van der Waals surface area (Å²) in [6.07, 6.45) is 9.71. The first kappa shape index (κ1) is 17.7. The molecule has 2 aromatic rings. The average Bonchev–Trinajstić information content (AvgIpc) is 3.26. The molecule has 0 aliphatic heterocycles. The van der Waals surface area contributed by atoms with Crippen LogP contribution in [0.5, 0.6) is 0 Å². The normalized spacial score (nSPS) is 14.8. The van der Waals surface area contributed by atoms with Crippen LogP contribution in [0.3, 0.4) is 0 Å². The molecular weight excluding hydrogens is 310 g/mol. The lowest BCUT2D eigenvalue weighted by molar-refractivity contribution is -0.121. The molecule has 3 rings (SSSR count). The quantitative estimate of drug-likeness (QED) is 0.793. The number of carbonyl (C=O) groups is 1. The van der Waals surface area contributed by atoms with E-state index in [1.807, 2.05) is 12.3 Å². The van der Waals surface area contributed by atoms with Gasteiger partial charge in [-0.25, -0.2) is 4.98 Å². The molecule has 0 unspecified atom stereocenters. The molecule has 4 heteroatoms. The van der Waals surface area contributed by atoms with Gasteiger partial charge in [0.2, 0.25) is 5.91 Å². The Morgan fingerprint density at radius 1 is 1.24 bits per heavy atom. The van der Waals surface area contributed by atoms with Gasteiger partial charge in [0, 0.05) is 37.8 Å². The van der Waals surface area contributed by atoms with Crippen molar-refractivity contribution in [3.05, 3.63) is 53.6 Å². The van der Waals surface area contributed by atoms with Crippen molar-refractivity contribution in [2.24, 2.45) is 5.92 Å². The zero-order valence-corrected chi connectivity index (χ0v) is 15.2. The fourth-order valence-electron chi connectivity index (χ4n) is 3.73. The number of aromatic nitrogens is 2. The summed E-state index contributed by atoms with van der Waals surface area (Å²) in [5.74, 6) is 2.00. The van der Waals surface area contributed by atoms with Crippen LogP contribution in [-0.2, 0) is 17.8 Å². The summed E-state index contributed by atoms with van der Waals surface area (Å²) < 4.78 is 2.24. The van der Waals surface area contributed by atoms with Crippen molar-refractivity contribution in [3.63, 3.8) is 0 Å². The van der Waals surface area contributed by atoms with Gasteiger partial charge in [-0.1, -0.05) is 56.0 Å². The van der Waals surface area contributed by atoms with Crippen molar-refractivity contribution in [1.82, 2.24) is 14.9 Å². The Morgan fingerprint density at radius 2 is 2.00 bits per heavy atom. The summed E-state index contributed by atoms with van der Waals surface area (Å²) in [4.78, 5) is 16.6. The van der Waals surface area contributed by atoms with E-state index in [1.54, 1.807) is 0 Å². The van der Waals surface area contributed by atoms with Crippen molar-refractivity contribution < 1.29 is 4.79 Å². The Balaban J connectivity index is 1.45. The standard InChI is InChI=1S/C21H29N3O/c1-17-15-23-20(24(17)16-19-9-3-2-4-10-19)13-14-22-21(25)12-11-18-7-5-6-8-18/h2-4,9-10,15,18H,5-8,11-14,16H2,1H3,(H,22,25). The van der Waals surface area contributed by atoms with Crippen molar-refractivity contribution in [1.29, 1.82) is 0 Å². The Kier molecular flexibility index (Phi) is 6.26. The molecule has 0 radical (unpaired) electrons. The molecule has 1 fully saturated rings. The van der Waals surface area contributed by atoms with Gasteiger partial charge in [-0.05, 0) is 24.8 Å². The predicted octanol–water partition coefficient (Wildman–Crippen LogP) is 3.87. The Labute approximate surface area is 150 Å². The first-order valence-electron chi connectivity index (χ1n) is 9.54. The number of imidazole rings is 1. The molecule has 1 amide bonds. The van der Waals surface area contributed by atoms with Gasteiger partial charge < -0.3 is 9.88 Å². The second kappa shape index (κ2) is 8.84. The number of aryl methyl sites for hydroxylation is 1. The summed E-state index contributed by atoms with van der Waals surface area (Å²) in [5, 5.41) is 3.06. The van der Waals surface area contributed by atoms with Crippen molar-refractivity contribution in [2.75, 3.05) is 6.54 Å². The summed E-state index contributed by atoms with van der Waals surface area (Å²) in [7, 11) is 0. The zero-order valence-electron chi connectivity index (χ0n) is 15.2. The van der Waals surface area contributed by atoms with Crippen LogP contribution in [0.4, 0.5) is 0 Å². The van der Waals surface area contributed by atoms with Crippen molar-refractivity contribution in [3.8, 4) is 0 Å². The highest BCUT2D eigenvalue weighted by atomic mass is 16.1. The highest BCUT2D eigenvalue weighted by Crippen LogP contribution is 2.28. The SMILES string of the molecule is Cc1cnc(CCNC(=O)CCC2CCCC2)n1Cc1ccccc1. The van der Waals surface area contributed by atoms with Crippen molar-refractivity contribution >= 4 is 5.91 Å².